The monoisotopic (exact) mass is 437 g/mol. The van der Waals surface area contributed by atoms with Crippen LogP contribution < -0.4 is 10.6 Å². The molecule has 1 heterocycles. The molecule has 2 aromatic rings. The molecule has 32 heavy (non-hydrogen) atoms. The number of carbonyl (C=O) groups is 2. The van der Waals surface area contributed by atoms with Gasteiger partial charge in [-0.05, 0) is 30.5 Å². The molecule has 8 nitrogen and oxygen atoms in total. The highest BCUT2D eigenvalue weighted by Gasteiger charge is 2.43. The number of nitrogens with two attached hydrogens (primary N) is 1. The minimum absolute atomic E-state index is 0.0152. The Labute approximate surface area is 182 Å². The molecule has 4 rings (SSSR count). The second-order valence-corrected chi connectivity index (χ2v) is 7.50. The first kappa shape index (κ1) is 21.2. The average molecular weight is 437 g/mol. The minimum Gasteiger partial charge on any atom is -0.466 e. The number of non-ortho nitro benzene ring substituents is 1. The van der Waals surface area contributed by atoms with Gasteiger partial charge in [-0.25, -0.2) is 9.18 Å². The Morgan fingerprint density at radius 3 is 2.50 bits per heavy atom. The van der Waals surface area contributed by atoms with Crippen LogP contribution in [-0.4, -0.2) is 23.8 Å². The lowest BCUT2D eigenvalue weighted by Crippen LogP contribution is -2.41. The van der Waals surface area contributed by atoms with Crippen molar-refractivity contribution in [1.29, 1.82) is 0 Å². The molecule has 0 fully saturated rings. The number of para-hydroxylation sites is 1. The van der Waals surface area contributed by atoms with E-state index in [4.69, 9.17) is 10.5 Å². The molecule has 0 saturated heterocycles. The van der Waals surface area contributed by atoms with E-state index in [1.54, 1.807) is 6.07 Å². The lowest BCUT2D eigenvalue weighted by atomic mass is 9.75. The predicted molar refractivity (Wildman–Crippen MR) is 114 cm³/mol. The Balaban J connectivity index is 1.99. The lowest BCUT2D eigenvalue weighted by Gasteiger charge is -2.40. The summed E-state index contributed by atoms with van der Waals surface area (Å²) in [5, 5.41) is 11.1. The molecular weight excluding hydrogens is 417 g/mol. The third-order valence-electron chi connectivity index (χ3n) is 5.73. The number of allylic oxidation sites excluding steroid dienone is 2. The fraction of sp³-hybridized carbons (Fsp3) is 0.217. The molecule has 2 aromatic carbocycles. The largest absolute Gasteiger partial charge is 0.466 e. The van der Waals surface area contributed by atoms with Crippen LogP contribution in [0.5, 0.6) is 0 Å². The molecule has 0 radical (unpaired) electrons. The van der Waals surface area contributed by atoms with E-state index in [9.17, 15) is 24.1 Å². The summed E-state index contributed by atoms with van der Waals surface area (Å²) in [6.45, 7) is 0. The number of ketones is 1. The third kappa shape index (κ3) is 3.41. The number of nitrogens with zero attached hydrogens (tertiary/aromatic N) is 2. The van der Waals surface area contributed by atoms with E-state index in [1.165, 1.54) is 54.5 Å². The topological polar surface area (TPSA) is 116 Å². The fourth-order valence-electron chi connectivity index (χ4n) is 4.33. The van der Waals surface area contributed by atoms with Crippen LogP contribution in [0.4, 0.5) is 15.8 Å². The molecule has 1 aliphatic carbocycles. The van der Waals surface area contributed by atoms with Crippen molar-refractivity contribution in [3.8, 4) is 0 Å². The van der Waals surface area contributed by atoms with Crippen molar-refractivity contribution in [2.24, 2.45) is 5.73 Å². The summed E-state index contributed by atoms with van der Waals surface area (Å²) in [5.74, 6) is -2.44. The van der Waals surface area contributed by atoms with Gasteiger partial charge in [0.05, 0.1) is 29.2 Å². The van der Waals surface area contributed by atoms with Gasteiger partial charge in [-0.1, -0.05) is 24.3 Å². The van der Waals surface area contributed by atoms with Gasteiger partial charge in [0, 0.05) is 29.8 Å². The molecule has 0 amide bonds. The number of anilines is 1. The van der Waals surface area contributed by atoms with E-state index < -0.39 is 22.6 Å². The molecule has 0 spiro atoms. The summed E-state index contributed by atoms with van der Waals surface area (Å²) in [6, 6.07) is 11.5. The molecule has 1 aliphatic heterocycles. The SMILES string of the molecule is COC(=O)C1=C(N)N(c2ccccc2F)C2=C(C(=O)CCC2)[C@H]1c1ccc([N+](=O)[O-])cc1. The van der Waals surface area contributed by atoms with Gasteiger partial charge < -0.3 is 10.5 Å². The van der Waals surface area contributed by atoms with Gasteiger partial charge in [0.1, 0.15) is 11.6 Å². The molecule has 2 N–H and O–H groups in total. The molecule has 0 aromatic heterocycles. The van der Waals surface area contributed by atoms with Crippen molar-refractivity contribution in [3.63, 3.8) is 0 Å². The molecule has 2 aliphatic rings. The molecule has 0 unspecified atom stereocenters. The van der Waals surface area contributed by atoms with E-state index in [1.807, 2.05) is 0 Å². The Morgan fingerprint density at radius 1 is 1.19 bits per heavy atom. The highest BCUT2D eigenvalue weighted by Crippen LogP contribution is 2.47. The van der Waals surface area contributed by atoms with Crippen LogP contribution in [-0.2, 0) is 14.3 Å². The van der Waals surface area contributed by atoms with Gasteiger partial charge in [-0.2, -0.15) is 0 Å². The normalized spacial score (nSPS) is 18.5. The number of nitro groups is 1. The quantitative estimate of drug-likeness (QED) is 0.441. The Morgan fingerprint density at radius 2 is 1.88 bits per heavy atom. The lowest BCUT2D eigenvalue weighted by molar-refractivity contribution is -0.384. The molecule has 9 heteroatoms. The molecule has 1 atom stereocenters. The number of hydrogen-bond donors (Lipinski definition) is 1. The number of halogens is 1. The highest BCUT2D eigenvalue weighted by molar-refractivity contribution is 6.05. The zero-order chi connectivity index (χ0) is 23.0. The van der Waals surface area contributed by atoms with Crippen LogP contribution in [0.25, 0.3) is 0 Å². The highest BCUT2D eigenvalue weighted by atomic mass is 19.1. The van der Waals surface area contributed by atoms with Crippen molar-refractivity contribution in [2.75, 3.05) is 12.0 Å². The van der Waals surface area contributed by atoms with Crippen LogP contribution in [0, 0.1) is 15.9 Å². The van der Waals surface area contributed by atoms with Crippen LogP contribution in [0.15, 0.2) is 71.2 Å². The molecule has 164 valence electrons. The van der Waals surface area contributed by atoms with Crippen molar-refractivity contribution < 1.29 is 23.6 Å². The van der Waals surface area contributed by atoms with Gasteiger partial charge in [0.15, 0.2) is 5.78 Å². The second kappa shape index (κ2) is 8.26. The van der Waals surface area contributed by atoms with E-state index >= 15 is 0 Å². The molecular formula is C23H20FN3O5. The van der Waals surface area contributed by atoms with Gasteiger partial charge in [-0.3, -0.25) is 19.8 Å². The number of hydrogen-bond acceptors (Lipinski definition) is 7. The van der Waals surface area contributed by atoms with Crippen molar-refractivity contribution in [2.45, 2.75) is 25.2 Å². The van der Waals surface area contributed by atoms with Crippen LogP contribution >= 0.6 is 0 Å². The predicted octanol–water partition coefficient (Wildman–Crippen LogP) is 3.69. The summed E-state index contributed by atoms with van der Waals surface area (Å²) in [5.41, 5.74) is 7.74. The van der Waals surface area contributed by atoms with Gasteiger partial charge in [0.2, 0.25) is 0 Å². The summed E-state index contributed by atoms with van der Waals surface area (Å²) in [6.07, 6.45) is 1.27. The number of ether oxygens (including phenoxy) is 1. The first-order valence-electron chi connectivity index (χ1n) is 9.98. The fourth-order valence-corrected chi connectivity index (χ4v) is 4.33. The van der Waals surface area contributed by atoms with E-state index in [-0.39, 0.29) is 35.0 Å². The minimum atomic E-state index is -0.880. The zero-order valence-corrected chi connectivity index (χ0v) is 17.2. The number of rotatable bonds is 4. The zero-order valence-electron chi connectivity index (χ0n) is 17.2. The van der Waals surface area contributed by atoms with Gasteiger partial charge in [-0.15, -0.1) is 0 Å². The number of Topliss-reactive ketones (excluding diaryl/α,β-unsaturated/α-hetero) is 1. The third-order valence-corrected chi connectivity index (χ3v) is 5.73. The average Bonchev–Trinajstić information content (AvgIpc) is 2.79. The van der Waals surface area contributed by atoms with Crippen LogP contribution in [0.3, 0.4) is 0 Å². The summed E-state index contributed by atoms with van der Waals surface area (Å²) >= 11 is 0. The standard InChI is InChI=1S/C23H20FN3O5/c1-32-23(29)21-19(13-9-11-14(12-10-13)27(30)31)20-17(7-4-8-18(20)28)26(22(21)25)16-6-3-2-5-15(16)24/h2-3,5-6,9-12,19H,4,7-8,25H2,1H3/t19-/m1/s1. The van der Waals surface area contributed by atoms with Crippen molar-refractivity contribution >= 4 is 23.1 Å². The number of nitro benzene ring substituents is 1. The van der Waals surface area contributed by atoms with E-state index in [0.29, 0.717) is 29.7 Å². The molecule has 0 saturated carbocycles. The number of methoxy groups -OCH3 is 1. The van der Waals surface area contributed by atoms with Gasteiger partial charge >= 0.3 is 5.97 Å². The maximum atomic E-state index is 14.7. The van der Waals surface area contributed by atoms with Crippen molar-refractivity contribution in [3.05, 3.63) is 92.7 Å². The number of carbonyl (C=O) groups excluding carboxylic acids is 2. The summed E-state index contributed by atoms with van der Waals surface area (Å²) < 4.78 is 19.7. The smallest absolute Gasteiger partial charge is 0.338 e. The number of esters is 1. The Kier molecular flexibility index (Phi) is 5.48. The first-order chi connectivity index (χ1) is 15.3. The maximum Gasteiger partial charge on any atom is 0.338 e. The molecule has 0 bridgehead atoms. The Bertz CT molecular complexity index is 1190. The van der Waals surface area contributed by atoms with E-state index in [2.05, 4.69) is 0 Å². The maximum absolute atomic E-state index is 14.7. The Hall–Kier alpha value is -4.01. The first-order valence-corrected chi connectivity index (χ1v) is 9.98. The number of benzene rings is 2. The van der Waals surface area contributed by atoms with Crippen LogP contribution in [0.2, 0.25) is 0 Å². The van der Waals surface area contributed by atoms with Crippen LogP contribution in [0.1, 0.15) is 30.7 Å². The van der Waals surface area contributed by atoms with E-state index in [0.717, 1.165) is 0 Å². The van der Waals surface area contributed by atoms with Gasteiger partial charge in [0.25, 0.3) is 5.69 Å². The van der Waals surface area contributed by atoms with Crippen molar-refractivity contribution in [1.82, 2.24) is 0 Å². The summed E-state index contributed by atoms with van der Waals surface area (Å²) in [7, 11) is 1.19. The second-order valence-electron chi connectivity index (χ2n) is 7.50. The summed E-state index contributed by atoms with van der Waals surface area (Å²) in [4.78, 5) is 37.9.